The molecule has 0 amide bonds. The molecule has 0 aromatic heterocycles. The van der Waals surface area contributed by atoms with Crippen LogP contribution in [-0.2, 0) is 12.8 Å². The second-order valence-electron chi connectivity index (χ2n) is 4.88. The van der Waals surface area contributed by atoms with Gasteiger partial charge >= 0.3 is 0 Å². The fraction of sp³-hybridized carbons (Fsp3) is 0.294. The summed E-state index contributed by atoms with van der Waals surface area (Å²) in [7, 11) is 1.95. The van der Waals surface area contributed by atoms with E-state index in [1.54, 1.807) is 0 Å². The normalized spacial score (nSPS) is 12.4. The zero-order valence-corrected chi connectivity index (χ0v) is 13.4. The summed E-state index contributed by atoms with van der Waals surface area (Å²) in [4.78, 5) is 0. The van der Waals surface area contributed by atoms with E-state index in [2.05, 4.69) is 52.4 Å². The minimum atomic E-state index is -0.214. The van der Waals surface area contributed by atoms with E-state index in [1.165, 1.54) is 23.3 Å². The molecule has 0 fully saturated rings. The van der Waals surface area contributed by atoms with Crippen molar-refractivity contribution in [3.8, 4) is 0 Å². The number of hydrogen-bond donors (Lipinski definition) is 1. The van der Waals surface area contributed by atoms with Crippen LogP contribution in [0.2, 0.25) is 0 Å². The third-order valence-corrected chi connectivity index (χ3v) is 4.32. The second-order valence-corrected chi connectivity index (χ2v) is 5.73. The quantitative estimate of drug-likeness (QED) is 0.838. The summed E-state index contributed by atoms with van der Waals surface area (Å²) < 4.78 is 13.9. The summed E-state index contributed by atoms with van der Waals surface area (Å²) in [5.41, 5.74) is 3.69. The molecule has 2 aromatic rings. The van der Waals surface area contributed by atoms with Crippen molar-refractivity contribution in [1.29, 1.82) is 0 Å². The molecule has 1 atom stereocenters. The molecular weight excluding hydrogens is 317 g/mol. The zero-order valence-electron chi connectivity index (χ0n) is 11.8. The fourth-order valence-corrected chi connectivity index (χ4v) is 2.79. The third kappa shape index (κ3) is 3.68. The lowest BCUT2D eigenvalue weighted by Crippen LogP contribution is -2.19. The Bertz CT molecular complexity index is 566. The van der Waals surface area contributed by atoms with Crippen LogP contribution in [0.1, 0.15) is 29.7 Å². The predicted octanol–water partition coefficient (Wildman–Crippen LogP) is 4.65. The van der Waals surface area contributed by atoms with E-state index in [9.17, 15) is 4.39 Å². The number of aryl methyl sites for hydroxylation is 1. The average Bonchev–Trinajstić information content (AvgIpc) is 2.47. The SMILES string of the molecule is CCc1ccc(C(Cc2ccc(F)cc2Br)NC)cc1. The standard InChI is InChI=1S/C17H19BrFN/c1-3-12-4-6-13(7-5-12)17(20-2)10-14-8-9-15(19)11-16(14)18/h4-9,11,17,20H,3,10H2,1-2H3. The molecule has 3 heteroatoms. The Morgan fingerprint density at radius 1 is 1.15 bits per heavy atom. The molecule has 0 aliphatic carbocycles. The summed E-state index contributed by atoms with van der Waals surface area (Å²) in [5.74, 6) is -0.214. The molecule has 0 saturated carbocycles. The van der Waals surface area contributed by atoms with E-state index in [0.29, 0.717) is 0 Å². The second kappa shape index (κ2) is 7.00. The Kier molecular flexibility index (Phi) is 5.32. The summed E-state index contributed by atoms with van der Waals surface area (Å²) in [6.45, 7) is 2.15. The van der Waals surface area contributed by atoms with Crippen LogP contribution < -0.4 is 5.32 Å². The van der Waals surface area contributed by atoms with Gasteiger partial charge in [0, 0.05) is 10.5 Å². The lowest BCUT2D eigenvalue weighted by molar-refractivity contribution is 0.587. The maximum atomic E-state index is 13.1. The van der Waals surface area contributed by atoms with Gasteiger partial charge in [-0.3, -0.25) is 0 Å². The largest absolute Gasteiger partial charge is 0.313 e. The van der Waals surface area contributed by atoms with Gasteiger partial charge in [0.15, 0.2) is 0 Å². The van der Waals surface area contributed by atoms with Gasteiger partial charge in [-0.05, 0) is 48.7 Å². The Morgan fingerprint density at radius 3 is 2.40 bits per heavy atom. The molecule has 0 heterocycles. The smallest absolute Gasteiger partial charge is 0.124 e. The average molecular weight is 336 g/mol. The lowest BCUT2D eigenvalue weighted by Gasteiger charge is -2.18. The van der Waals surface area contributed by atoms with Gasteiger partial charge in [-0.25, -0.2) is 4.39 Å². The first-order valence-corrected chi connectivity index (χ1v) is 7.63. The minimum absolute atomic E-state index is 0.214. The van der Waals surface area contributed by atoms with Crippen molar-refractivity contribution in [2.24, 2.45) is 0 Å². The molecule has 0 spiro atoms. The van der Waals surface area contributed by atoms with Gasteiger partial charge in [0.05, 0.1) is 0 Å². The molecule has 0 radical (unpaired) electrons. The Hall–Kier alpha value is -1.19. The fourth-order valence-electron chi connectivity index (χ4n) is 2.28. The Balaban J connectivity index is 2.19. The van der Waals surface area contributed by atoms with Crippen LogP contribution in [0.4, 0.5) is 4.39 Å². The van der Waals surface area contributed by atoms with Gasteiger partial charge in [0.1, 0.15) is 5.82 Å². The molecule has 1 N–H and O–H groups in total. The van der Waals surface area contributed by atoms with Crippen molar-refractivity contribution >= 4 is 15.9 Å². The lowest BCUT2D eigenvalue weighted by atomic mass is 9.97. The highest BCUT2D eigenvalue weighted by molar-refractivity contribution is 9.10. The molecule has 1 nitrogen and oxygen atoms in total. The predicted molar refractivity (Wildman–Crippen MR) is 85.4 cm³/mol. The van der Waals surface area contributed by atoms with Crippen LogP contribution >= 0.6 is 15.9 Å². The number of benzene rings is 2. The summed E-state index contributed by atoms with van der Waals surface area (Å²) in [6.07, 6.45) is 1.87. The van der Waals surface area contributed by atoms with E-state index in [0.717, 1.165) is 22.9 Å². The number of nitrogens with one attached hydrogen (secondary N) is 1. The van der Waals surface area contributed by atoms with Crippen molar-refractivity contribution in [1.82, 2.24) is 5.32 Å². The van der Waals surface area contributed by atoms with Gasteiger partial charge in [-0.15, -0.1) is 0 Å². The van der Waals surface area contributed by atoms with Crippen molar-refractivity contribution in [2.75, 3.05) is 7.05 Å². The van der Waals surface area contributed by atoms with Gasteiger partial charge in [0.25, 0.3) is 0 Å². The van der Waals surface area contributed by atoms with E-state index < -0.39 is 0 Å². The Labute approximate surface area is 128 Å². The van der Waals surface area contributed by atoms with Crippen LogP contribution in [0.5, 0.6) is 0 Å². The van der Waals surface area contributed by atoms with Crippen molar-refractivity contribution in [3.05, 3.63) is 69.4 Å². The number of hydrogen-bond acceptors (Lipinski definition) is 1. The zero-order chi connectivity index (χ0) is 14.5. The highest BCUT2D eigenvalue weighted by Crippen LogP contribution is 2.25. The highest BCUT2D eigenvalue weighted by atomic mass is 79.9. The molecular formula is C17H19BrFN. The maximum absolute atomic E-state index is 13.1. The summed E-state index contributed by atoms with van der Waals surface area (Å²) in [5, 5.41) is 3.33. The van der Waals surface area contributed by atoms with Gasteiger partial charge < -0.3 is 5.32 Å². The Morgan fingerprint density at radius 2 is 1.85 bits per heavy atom. The topological polar surface area (TPSA) is 12.0 Å². The van der Waals surface area contributed by atoms with Crippen LogP contribution in [0.15, 0.2) is 46.9 Å². The maximum Gasteiger partial charge on any atom is 0.124 e. The summed E-state index contributed by atoms with van der Waals surface area (Å²) >= 11 is 3.43. The van der Waals surface area contributed by atoms with Gasteiger partial charge in [-0.1, -0.05) is 53.2 Å². The molecule has 2 rings (SSSR count). The first kappa shape index (κ1) is 15.2. The molecule has 1 unspecified atom stereocenters. The van der Waals surface area contributed by atoms with Gasteiger partial charge in [0.2, 0.25) is 0 Å². The molecule has 0 aliphatic rings. The van der Waals surface area contributed by atoms with E-state index in [-0.39, 0.29) is 11.9 Å². The van der Waals surface area contributed by atoms with Crippen molar-refractivity contribution < 1.29 is 4.39 Å². The van der Waals surface area contributed by atoms with E-state index in [4.69, 9.17) is 0 Å². The summed E-state index contributed by atoms with van der Waals surface area (Å²) in [6, 6.07) is 13.7. The number of halogens is 2. The molecule has 20 heavy (non-hydrogen) atoms. The van der Waals surface area contributed by atoms with Crippen LogP contribution in [-0.4, -0.2) is 7.05 Å². The molecule has 0 bridgehead atoms. The molecule has 106 valence electrons. The monoisotopic (exact) mass is 335 g/mol. The van der Waals surface area contributed by atoms with Gasteiger partial charge in [-0.2, -0.15) is 0 Å². The third-order valence-electron chi connectivity index (χ3n) is 3.58. The van der Waals surface area contributed by atoms with E-state index in [1.807, 2.05) is 13.1 Å². The van der Waals surface area contributed by atoms with Crippen molar-refractivity contribution in [3.63, 3.8) is 0 Å². The van der Waals surface area contributed by atoms with Crippen molar-refractivity contribution in [2.45, 2.75) is 25.8 Å². The van der Waals surface area contributed by atoms with Crippen LogP contribution in [0.25, 0.3) is 0 Å². The number of likely N-dealkylation sites (N-methyl/N-ethyl adjacent to an activating group) is 1. The first-order valence-electron chi connectivity index (χ1n) is 6.84. The molecule has 0 saturated heterocycles. The van der Waals surface area contributed by atoms with Crippen LogP contribution in [0.3, 0.4) is 0 Å². The number of rotatable bonds is 5. The van der Waals surface area contributed by atoms with Crippen LogP contribution in [0, 0.1) is 5.82 Å². The first-order chi connectivity index (χ1) is 9.63. The molecule has 2 aromatic carbocycles. The minimum Gasteiger partial charge on any atom is -0.313 e. The molecule has 0 aliphatic heterocycles. The highest BCUT2D eigenvalue weighted by Gasteiger charge is 2.12. The van der Waals surface area contributed by atoms with E-state index >= 15 is 0 Å².